The molecule has 3 heteroatoms. The molecule has 1 aromatic carbocycles. The van der Waals surface area contributed by atoms with Crippen LogP contribution in [0.2, 0.25) is 0 Å². The Bertz CT molecular complexity index is 383. The largest absolute Gasteiger partial charge is 0.493 e. The van der Waals surface area contributed by atoms with Gasteiger partial charge in [0, 0.05) is 22.1 Å². The second kappa shape index (κ2) is 5.87. The van der Waals surface area contributed by atoms with Crippen molar-refractivity contribution in [3.63, 3.8) is 0 Å². The van der Waals surface area contributed by atoms with E-state index < -0.39 is 0 Å². The van der Waals surface area contributed by atoms with Gasteiger partial charge in [-0.3, -0.25) is 0 Å². The molecule has 1 rings (SSSR count). The number of hydrogen-bond donors (Lipinski definition) is 1. The number of aryl methyl sites for hydroxylation is 1. The highest BCUT2D eigenvalue weighted by atomic mass is 79.9. The molecule has 0 spiro atoms. The Labute approximate surface area is 113 Å². The number of rotatable bonds is 4. The molecule has 1 aromatic rings. The first-order valence-electron chi connectivity index (χ1n) is 6.00. The summed E-state index contributed by atoms with van der Waals surface area (Å²) in [6.45, 7) is 12.1. The Hall–Kier alpha value is -0.540. The number of benzene rings is 1. The van der Waals surface area contributed by atoms with E-state index >= 15 is 0 Å². The van der Waals surface area contributed by atoms with Crippen LogP contribution in [0.4, 0.5) is 0 Å². The van der Waals surface area contributed by atoms with Crippen LogP contribution in [0.5, 0.6) is 5.75 Å². The summed E-state index contributed by atoms with van der Waals surface area (Å²) in [5.74, 6) is 1.01. The summed E-state index contributed by atoms with van der Waals surface area (Å²) in [4.78, 5) is 0. The summed E-state index contributed by atoms with van der Waals surface area (Å²) in [6, 6.07) is 4.21. The second-order valence-corrected chi connectivity index (χ2v) is 6.16. The van der Waals surface area contributed by atoms with Gasteiger partial charge in [-0.05, 0) is 52.3 Å². The van der Waals surface area contributed by atoms with Crippen LogP contribution >= 0.6 is 15.9 Å². The molecular weight excluding hydrogens is 278 g/mol. The van der Waals surface area contributed by atoms with Crippen LogP contribution < -0.4 is 10.1 Å². The fourth-order valence-corrected chi connectivity index (χ4v) is 2.26. The lowest BCUT2D eigenvalue weighted by molar-refractivity contribution is 0.329. The third-order valence-corrected chi connectivity index (χ3v) is 2.87. The zero-order valence-corrected chi connectivity index (χ0v) is 12.9. The number of nitrogens with one attached hydrogen (secondary N) is 1. The maximum atomic E-state index is 5.73. The van der Waals surface area contributed by atoms with Crippen LogP contribution in [0.15, 0.2) is 16.6 Å². The predicted octanol–water partition coefficient (Wildman–Crippen LogP) is 4.04. The normalized spacial score (nSPS) is 11.6. The summed E-state index contributed by atoms with van der Waals surface area (Å²) in [6.07, 6.45) is 0. The van der Waals surface area contributed by atoms with Crippen LogP contribution in [0, 0.1) is 6.92 Å². The van der Waals surface area contributed by atoms with Gasteiger partial charge in [-0.15, -0.1) is 0 Å². The molecule has 0 saturated heterocycles. The molecule has 0 aliphatic rings. The molecule has 0 saturated carbocycles. The van der Waals surface area contributed by atoms with Crippen LogP contribution in [0.3, 0.4) is 0 Å². The Morgan fingerprint density at radius 1 is 1.29 bits per heavy atom. The lowest BCUT2D eigenvalue weighted by atomic mass is 10.1. The molecule has 0 bridgehead atoms. The number of halogens is 1. The van der Waals surface area contributed by atoms with Crippen LogP contribution in [0.1, 0.15) is 38.8 Å². The molecule has 0 radical (unpaired) electrons. The lowest BCUT2D eigenvalue weighted by Gasteiger charge is -2.22. The van der Waals surface area contributed by atoms with Crippen LogP contribution in [-0.4, -0.2) is 12.1 Å². The van der Waals surface area contributed by atoms with E-state index in [1.54, 1.807) is 0 Å². The molecule has 0 aliphatic carbocycles. The van der Waals surface area contributed by atoms with Gasteiger partial charge < -0.3 is 10.1 Å². The van der Waals surface area contributed by atoms with Gasteiger partial charge in [0.25, 0.3) is 0 Å². The molecule has 17 heavy (non-hydrogen) atoms. The van der Waals surface area contributed by atoms with Crippen molar-refractivity contribution in [3.8, 4) is 5.75 Å². The van der Waals surface area contributed by atoms with Crippen molar-refractivity contribution < 1.29 is 4.74 Å². The van der Waals surface area contributed by atoms with Crippen molar-refractivity contribution in [2.75, 3.05) is 6.61 Å². The van der Waals surface area contributed by atoms with Gasteiger partial charge >= 0.3 is 0 Å². The first-order valence-corrected chi connectivity index (χ1v) is 6.79. The predicted molar refractivity (Wildman–Crippen MR) is 76.6 cm³/mol. The summed E-state index contributed by atoms with van der Waals surface area (Å²) in [5.41, 5.74) is 2.49. The van der Waals surface area contributed by atoms with E-state index in [0.29, 0.717) is 6.61 Å². The smallest absolute Gasteiger partial charge is 0.126 e. The SMILES string of the molecule is CCOc1c(C)cc(Br)cc1CNC(C)(C)C. The first-order chi connectivity index (χ1) is 7.83. The molecule has 0 fully saturated rings. The highest BCUT2D eigenvalue weighted by Gasteiger charge is 2.13. The average molecular weight is 300 g/mol. The zero-order chi connectivity index (χ0) is 13.1. The highest BCUT2D eigenvalue weighted by Crippen LogP contribution is 2.28. The second-order valence-electron chi connectivity index (χ2n) is 5.25. The van der Waals surface area contributed by atoms with Crippen molar-refractivity contribution in [1.82, 2.24) is 5.32 Å². The third-order valence-electron chi connectivity index (χ3n) is 2.41. The summed E-state index contributed by atoms with van der Waals surface area (Å²) < 4.78 is 6.83. The van der Waals surface area contributed by atoms with Gasteiger partial charge in [-0.1, -0.05) is 15.9 Å². The fourth-order valence-electron chi connectivity index (χ4n) is 1.64. The third kappa shape index (κ3) is 4.68. The highest BCUT2D eigenvalue weighted by molar-refractivity contribution is 9.10. The monoisotopic (exact) mass is 299 g/mol. The van der Waals surface area contributed by atoms with E-state index in [0.717, 1.165) is 16.8 Å². The summed E-state index contributed by atoms with van der Waals surface area (Å²) in [5, 5.41) is 3.49. The number of ether oxygens (including phenoxy) is 1. The van der Waals surface area contributed by atoms with Gasteiger partial charge in [0.2, 0.25) is 0 Å². The molecule has 1 N–H and O–H groups in total. The topological polar surface area (TPSA) is 21.3 Å². The minimum atomic E-state index is 0.111. The Morgan fingerprint density at radius 3 is 2.47 bits per heavy atom. The van der Waals surface area contributed by atoms with E-state index in [4.69, 9.17) is 4.74 Å². The lowest BCUT2D eigenvalue weighted by Crippen LogP contribution is -2.35. The van der Waals surface area contributed by atoms with E-state index in [1.807, 2.05) is 6.92 Å². The van der Waals surface area contributed by atoms with Crippen molar-refractivity contribution in [1.29, 1.82) is 0 Å². The van der Waals surface area contributed by atoms with Crippen molar-refractivity contribution in [2.24, 2.45) is 0 Å². The minimum absolute atomic E-state index is 0.111. The summed E-state index contributed by atoms with van der Waals surface area (Å²) in [7, 11) is 0. The van der Waals surface area contributed by atoms with Crippen LogP contribution in [-0.2, 0) is 6.54 Å². The quantitative estimate of drug-likeness (QED) is 0.906. The first kappa shape index (κ1) is 14.5. The molecule has 0 unspecified atom stereocenters. The minimum Gasteiger partial charge on any atom is -0.493 e. The van der Waals surface area contributed by atoms with Crippen molar-refractivity contribution in [3.05, 3.63) is 27.7 Å². The molecule has 2 nitrogen and oxygen atoms in total. The average Bonchev–Trinajstić information content (AvgIpc) is 2.18. The molecule has 96 valence electrons. The van der Waals surface area contributed by atoms with Gasteiger partial charge in [0.1, 0.15) is 5.75 Å². The summed E-state index contributed by atoms with van der Waals surface area (Å²) >= 11 is 3.54. The molecule has 0 heterocycles. The Morgan fingerprint density at radius 2 is 1.94 bits per heavy atom. The van der Waals surface area contributed by atoms with Gasteiger partial charge in [-0.2, -0.15) is 0 Å². The standard InChI is InChI=1S/C14H22BrNO/c1-6-17-13-10(2)7-12(15)8-11(13)9-16-14(3,4)5/h7-8,16H,6,9H2,1-5H3. The van der Waals surface area contributed by atoms with E-state index in [-0.39, 0.29) is 5.54 Å². The van der Waals surface area contributed by atoms with Gasteiger partial charge in [-0.25, -0.2) is 0 Å². The zero-order valence-electron chi connectivity index (χ0n) is 11.4. The molecular formula is C14H22BrNO. The van der Waals surface area contributed by atoms with Gasteiger partial charge in [0.05, 0.1) is 6.61 Å². The fraction of sp³-hybridized carbons (Fsp3) is 0.571. The van der Waals surface area contributed by atoms with E-state index in [2.05, 4.69) is 61.1 Å². The van der Waals surface area contributed by atoms with Crippen LogP contribution in [0.25, 0.3) is 0 Å². The molecule has 0 aromatic heterocycles. The molecule has 0 atom stereocenters. The van der Waals surface area contributed by atoms with E-state index in [1.165, 1.54) is 11.1 Å². The maximum Gasteiger partial charge on any atom is 0.126 e. The molecule has 0 aliphatic heterocycles. The maximum absolute atomic E-state index is 5.73. The van der Waals surface area contributed by atoms with E-state index in [9.17, 15) is 0 Å². The van der Waals surface area contributed by atoms with Crippen molar-refractivity contribution in [2.45, 2.75) is 46.7 Å². The van der Waals surface area contributed by atoms with Gasteiger partial charge in [0.15, 0.2) is 0 Å². The van der Waals surface area contributed by atoms with Crippen molar-refractivity contribution >= 4 is 15.9 Å². The Balaban J connectivity index is 2.95. The molecule has 0 amide bonds. The Kier molecular flexibility index (Phi) is 5.02. The number of hydrogen-bond acceptors (Lipinski definition) is 2.